The van der Waals surface area contributed by atoms with Gasteiger partial charge in [-0.3, -0.25) is 4.57 Å². The Labute approximate surface area is 87.1 Å². The standard InChI is InChI=1S/C10H23O3P/c1-4-7-9(5-2)10(6-3)8-14(11,12)13/h9-10H,4-8H2,1-3H3,(H2,11,12,13). The molecule has 2 atom stereocenters. The van der Waals surface area contributed by atoms with Crippen molar-refractivity contribution in [2.45, 2.75) is 46.5 Å². The molecule has 14 heavy (non-hydrogen) atoms. The summed E-state index contributed by atoms with van der Waals surface area (Å²) in [4.78, 5) is 17.9. The zero-order valence-corrected chi connectivity index (χ0v) is 10.3. The number of hydrogen-bond acceptors (Lipinski definition) is 1. The second-order valence-corrected chi connectivity index (χ2v) is 5.67. The van der Waals surface area contributed by atoms with Crippen LogP contribution in [0.5, 0.6) is 0 Å². The van der Waals surface area contributed by atoms with Gasteiger partial charge in [0.25, 0.3) is 0 Å². The third kappa shape index (κ3) is 5.79. The third-order valence-electron chi connectivity index (χ3n) is 2.85. The lowest BCUT2D eigenvalue weighted by Crippen LogP contribution is -2.17. The number of hydrogen-bond donors (Lipinski definition) is 2. The van der Waals surface area contributed by atoms with Gasteiger partial charge >= 0.3 is 7.60 Å². The van der Waals surface area contributed by atoms with Crippen molar-refractivity contribution in [3.05, 3.63) is 0 Å². The second-order valence-electron chi connectivity index (χ2n) is 3.97. The molecule has 0 amide bonds. The van der Waals surface area contributed by atoms with Crippen LogP contribution in [0.3, 0.4) is 0 Å². The molecule has 0 aromatic rings. The maximum absolute atomic E-state index is 10.9. The van der Waals surface area contributed by atoms with Crippen LogP contribution in [0.25, 0.3) is 0 Å². The molecule has 0 saturated heterocycles. The molecular weight excluding hydrogens is 199 g/mol. The lowest BCUT2D eigenvalue weighted by Gasteiger charge is -2.25. The van der Waals surface area contributed by atoms with E-state index >= 15 is 0 Å². The molecule has 0 saturated carbocycles. The first-order valence-corrected chi connectivity index (χ1v) is 7.28. The molecular formula is C10H23O3P. The van der Waals surface area contributed by atoms with E-state index in [1.807, 2.05) is 6.92 Å². The Morgan fingerprint density at radius 3 is 1.86 bits per heavy atom. The second kappa shape index (κ2) is 6.60. The topological polar surface area (TPSA) is 57.5 Å². The molecule has 0 radical (unpaired) electrons. The highest BCUT2D eigenvalue weighted by Crippen LogP contribution is 2.41. The lowest BCUT2D eigenvalue weighted by molar-refractivity contribution is 0.291. The summed E-state index contributed by atoms with van der Waals surface area (Å²) in [7, 11) is -3.83. The summed E-state index contributed by atoms with van der Waals surface area (Å²) in [5.74, 6) is 0.651. The van der Waals surface area contributed by atoms with E-state index in [0.29, 0.717) is 5.92 Å². The summed E-state index contributed by atoms with van der Waals surface area (Å²) in [5.41, 5.74) is 0. The maximum atomic E-state index is 10.9. The molecule has 0 aliphatic rings. The summed E-state index contributed by atoms with van der Waals surface area (Å²) in [5, 5.41) is 0. The molecule has 3 nitrogen and oxygen atoms in total. The van der Waals surface area contributed by atoms with Crippen molar-refractivity contribution in [1.29, 1.82) is 0 Å². The molecule has 4 heteroatoms. The molecule has 0 aromatic heterocycles. The zero-order valence-electron chi connectivity index (χ0n) is 9.44. The molecule has 0 aliphatic carbocycles. The van der Waals surface area contributed by atoms with Gasteiger partial charge in [-0.05, 0) is 11.8 Å². The minimum atomic E-state index is -3.83. The molecule has 0 heterocycles. The maximum Gasteiger partial charge on any atom is 0.325 e. The Balaban J connectivity index is 4.28. The van der Waals surface area contributed by atoms with E-state index < -0.39 is 7.60 Å². The summed E-state index contributed by atoms with van der Waals surface area (Å²) in [6, 6.07) is 0. The Morgan fingerprint density at radius 2 is 1.57 bits per heavy atom. The Morgan fingerprint density at radius 1 is 1.07 bits per heavy atom. The van der Waals surface area contributed by atoms with Crippen LogP contribution in [-0.4, -0.2) is 15.9 Å². The van der Waals surface area contributed by atoms with Crippen LogP contribution in [0.4, 0.5) is 0 Å². The van der Waals surface area contributed by atoms with Crippen LogP contribution < -0.4 is 0 Å². The fourth-order valence-electron chi connectivity index (χ4n) is 2.06. The van der Waals surface area contributed by atoms with Crippen molar-refractivity contribution in [3.8, 4) is 0 Å². The minimum absolute atomic E-state index is 0.0575. The van der Waals surface area contributed by atoms with E-state index in [1.54, 1.807) is 0 Å². The average Bonchev–Trinajstić information content (AvgIpc) is 2.09. The molecule has 0 fully saturated rings. The molecule has 0 spiro atoms. The van der Waals surface area contributed by atoms with E-state index in [1.165, 1.54) is 0 Å². The third-order valence-corrected chi connectivity index (χ3v) is 3.79. The molecule has 0 aromatic carbocycles. The van der Waals surface area contributed by atoms with Crippen LogP contribution in [0.2, 0.25) is 0 Å². The number of rotatable bonds is 7. The first-order valence-electron chi connectivity index (χ1n) is 5.49. The lowest BCUT2D eigenvalue weighted by atomic mass is 9.86. The molecule has 2 N–H and O–H groups in total. The largest absolute Gasteiger partial charge is 0.325 e. The fourth-order valence-corrected chi connectivity index (χ4v) is 3.23. The highest BCUT2D eigenvalue weighted by molar-refractivity contribution is 7.51. The van der Waals surface area contributed by atoms with Crippen molar-refractivity contribution in [1.82, 2.24) is 0 Å². The first-order chi connectivity index (χ1) is 6.44. The van der Waals surface area contributed by atoms with Crippen molar-refractivity contribution < 1.29 is 14.4 Å². The highest BCUT2D eigenvalue weighted by atomic mass is 31.2. The monoisotopic (exact) mass is 222 g/mol. The van der Waals surface area contributed by atoms with Crippen molar-refractivity contribution in [2.75, 3.05) is 6.16 Å². The Kier molecular flexibility index (Phi) is 6.67. The van der Waals surface area contributed by atoms with Crippen LogP contribution in [0.1, 0.15) is 46.5 Å². The van der Waals surface area contributed by atoms with Gasteiger partial charge in [-0.25, -0.2) is 0 Å². The summed E-state index contributed by atoms with van der Waals surface area (Å²) < 4.78 is 10.9. The molecule has 0 aliphatic heterocycles. The van der Waals surface area contributed by atoms with Gasteiger partial charge in [-0.1, -0.05) is 46.5 Å². The van der Waals surface area contributed by atoms with Gasteiger partial charge in [0.1, 0.15) is 0 Å². The summed E-state index contributed by atoms with van der Waals surface area (Å²) in [6.07, 6.45) is 4.11. The van der Waals surface area contributed by atoms with E-state index in [2.05, 4.69) is 13.8 Å². The highest BCUT2D eigenvalue weighted by Gasteiger charge is 2.25. The van der Waals surface area contributed by atoms with E-state index in [0.717, 1.165) is 25.7 Å². The molecule has 2 unspecified atom stereocenters. The van der Waals surface area contributed by atoms with Crippen molar-refractivity contribution >= 4 is 7.60 Å². The Bertz CT molecular complexity index is 188. The molecule has 86 valence electrons. The van der Waals surface area contributed by atoms with Gasteiger partial charge in [0.2, 0.25) is 0 Å². The first kappa shape index (κ1) is 14.2. The van der Waals surface area contributed by atoms with Crippen molar-refractivity contribution in [2.24, 2.45) is 11.8 Å². The normalized spacial score (nSPS) is 16.6. The quantitative estimate of drug-likeness (QED) is 0.651. The van der Waals surface area contributed by atoms with Crippen LogP contribution in [-0.2, 0) is 4.57 Å². The summed E-state index contributed by atoms with van der Waals surface area (Å²) >= 11 is 0. The zero-order chi connectivity index (χ0) is 11.2. The van der Waals surface area contributed by atoms with E-state index in [9.17, 15) is 4.57 Å². The van der Waals surface area contributed by atoms with Gasteiger partial charge in [-0.2, -0.15) is 0 Å². The fraction of sp³-hybridized carbons (Fsp3) is 1.00. The van der Waals surface area contributed by atoms with Gasteiger partial charge in [0.15, 0.2) is 0 Å². The van der Waals surface area contributed by atoms with Gasteiger partial charge in [-0.15, -0.1) is 0 Å². The molecule has 0 bridgehead atoms. The van der Waals surface area contributed by atoms with Gasteiger partial charge in [0.05, 0.1) is 6.16 Å². The van der Waals surface area contributed by atoms with Gasteiger partial charge < -0.3 is 9.79 Å². The minimum Gasteiger partial charge on any atom is -0.324 e. The smallest absolute Gasteiger partial charge is 0.324 e. The van der Waals surface area contributed by atoms with Crippen LogP contribution in [0, 0.1) is 11.8 Å². The van der Waals surface area contributed by atoms with Crippen LogP contribution in [0.15, 0.2) is 0 Å². The molecule has 0 rings (SSSR count). The average molecular weight is 222 g/mol. The predicted molar refractivity (Wildman–Crippen MR) is 59.4 cm³/mol. The van der Waals surface area contributed by atoms with E-state index in [-0.39, 0.29) is 12.1 Å². The van der Waals surface area contributed by atoms with Crippen molar-refractivity contribution in [3.63, 3.8) is 0 Å². The predicted octanol–water partition coefficient (Wildman–Crippen LogP) is 3.02. The Hall–Kier alpha value is 0.150. The summed E-state index contributed by atoms with van der Waals surface area (Å²) in [6.45, 7) is 6.23. The van der Waals surface area contributed by atoms with E-state index in [4.69, 9.17) is 9.79 Å². The SMILES string of the molecule is CCCC(CC)C(CC)CP(=O)(O)O. The van der Waals surface area contributed by atoms with Crippen LogP contribution >= 0.6 is 7.60 Å². The van der Waals surface area contributed by atoms with Gasteiger partial charge in [0, 0.05) is 0 Å².